The van der Waals surface area contributed by atoms with E-state index >= 15 is 0 Å². The number of nitrogens with two attached hydrogens (primary N) is 1. The number of aromatic hydroxyl groups is 2. The molecule has 0 amide bonds. The molecule has 21 heavy (non-hydrogen) atoms. The van der Waals surface area contributed by atoms with Crippen LogP contribution in [0.25, 0.3) is 0 Å². The maximum Gasteiger partial charge on any atom is 0.423 e. The molecule has 0 aliphatic heterocycles. The minimum atomic E-state index is -4.91. The number of phenols is 2. The summed E-state index contributed by atoms with van der Waals surface area (Å²) in [5.41, 5.74) is 2.50. The van der Waals surface area contributed by atoms with Crippen LogP contribution < -0.4 is 5.73 Å². The summed E-state index contributed by atoms with van der Waals surface area (Å²) in [5.74, 6) is -3.63. The molecule has 0 radical (unpaired) electrons. The van der Waals surface area contributed by atoms with Gasteiger partial charge >= 0.3 is 12.1 Å². The Morgan fingerprint density at radius 3 is 2.05 bits per heavy atom. The van der Waals surface area contributed by atoms with Gasteiger partial charge in [-0.05, 0) is 24.1 Å². The Bertz CT molecular complexity index is 522. The van der Waals surface area contributed by atoms with Crippen LogP contribution in [0, 0.1) is 0 Å². The summed E-state index contributed by atoms with van der Waals surface area (Å²) in [5, 5.41) is 27.9. The molecule has 0 aliphatic carbocycles. The van der Waals surface area contributed by atoms with Crippen LogP contribution in [-0.2, 0) is 17.4 Å². The minimum absolute atomic E-state index is 0.0105. The van der Waals surface area contributed by atoms with Gasteiger partial charge in [-0.3, -0.25) is 4.79 Å². The third kappa shape index (κ3) is 3.78. The number of carboxylic acids is 1. The third-order valence-corrected chi connectivity index (χ3v) is 3.08. The van der Waals surface area contributed by atoms with E-state index in [9.17, 15) is 28.2 Å². The Balaban J connectivity index is 3.20. The van der Waals surface area contributed by atoms with Gasteiger partial charge in [0.15, 0.2) is 0 Å². The van der Waals surface area contributed by atoms with Crippen LogP contribution in [-0.4, -0.2) is 26.8 Å². The van der Waals surface area contributed by atoms with Gasteiger partial charge in [-0.1, -0.05) is 13.3 Å². The minimum Gasteiger partial charge on any atom is -0.507 e. The first-order valence-electron chi connectivity index (χ1n) is 6.15. The summed E-state index contributed by atoms with van der Waals surface area (Å²) in [4.78, 5) is 11.2. The van der Waals surface area contributed by atoms with E-state index in [2.05, 4.69) is 0 Å². The molecule has 1 rings (SSSR count). The van der Waals surface area contributed by atoms with Gasteiger partial charge in [0, 0.05) is 6.42 Å². The van der Waals surface area contributed by atoms with Gasteiger partial charge in [0.2, 0.25) is 0 Å². The number of carbonyl (C=O) groups is 1. The predicted molar refractivity (Wildman–Crippen MR) is 67.9 cm³/mol. The summed E-state index contributed by atoms with van der Waals surface area (Å²) >= 11 is 0. The van der Waals surface area contributed by atoms with Crippen LogP contribution in [0.5, 0.6) is 11.5 Å². The zero-order valence-corrected chi connectivity index (χ0v) is 11.2. The first-order chi connectivity index (χ1) is 9.51. The number of rotatable bonds is 5. The van der Waals surface area contributed by atoms with Crippen molar-refractivity contribution in [3.8, 4) is 11.5 Å². The molecule has 118 valence electrons. The monoisotopic (exact) mass is 307 g/mol. The van der Waals surface area contributed by atoms with Crippen LogP contribution in [0.3, 0.4) is 0 Å². The second kappa shape index (κ2) is 5.80. The lowest BCUT2D eigenvalue weighted by molar-refractivity contribution is -0.144. The Hall–Kier alpha value is -1.96. The van der Waals surface area contributed by atoms with Crippen molar-refractivity contribution >= 4 is 5.97 Å². The first-order valence-corrected chi connectivity index (χ1v) is 6.15. The van der Waals surface area contributed by atoms with Crippen LogP contribution >= 0.6 is 0 Å². The van der Waals surface area contributed by atoms with Crippen molar-refractivity contribution < 1.29 is 33.3 Å². The van der Waals surface area contributed by atoms with E-state index in [1.165, 1.54) is 0 Å². The largest absolute Gasteiger partial charge is 0.507 e. The molecule has 5 nitrogen and oxygen atoms in total. The lowest BCUT2D eigenvalue weighted by Gasteiger charge is -2.24. The summed E-state index contributed by atoms with van der Waals surface area (Å²) in [6, 6.07) is 1.53. The Kier molecular flexibility index (Phi) is 4.72. The van der Waals surface area contributed by atoms with Crippen LogP contribution in [0.15, 0.2) is 12.1 Å². The molecule has 0 unspecified atom stereocenters. The Morgan fingerprint density at radius 2 is 1.71 bits per heavy atom. The number of halogens is 3. The van der Waals surface area contributed by atoms with Crippen molar-refractivity contribution in [1.82, 2.24) is 0 Å². The van der Waals surface area contributed by atoms with Crippen LogP contribution in [0.4, 0.5) is 13.2 Å². The highest BCUT2D eigenvalue weighted by molar-refractivity contribution is 5.79. The smallest absolute Gasteiger partial charge is 0.423 e. The maximum absolute atomic E-state index is 12.6. The zero-order chi connectivity index (χ0) is 16.4. The van der Waals surface area contributed by atoms with Gasteiger partial charge in [0.1, 0.15) is 22.6 Å². The second-order valence-corrected chi connectivity index (χ2v) is 4.89. The number of hydrogen-bond acceptors (Lipinski definition) is 4. The number of carboxylic acid groups (broad SMARTS) is 1. The van der Waals surface area contributed by atoms with Crippen molar-refractivity contribution in [2.24, 2.45) is 5.73 Å². The molecule has 8 heteroatoms. The van der Waals surface area contributed by atoms with Crippen molar-refractivity contribution in [1.29, 1.82) is 0 Å². The fourth-order valence-corrected chi connectivity index (χ4v) is 2.14. The third-order valence-electron chi connectivity index (χ3n) is 3.08. The Morgan fingerprint density at radius 1 is 1.24 bits per heavy atom. The van der Waals surface area contributed by atoms with Gasteiger partial charge in [0.05, 0.1) is 0 Å². The van der Waals surface area contributed by atoms with Crippen LogP contribution in [0.1, 0.15) is 30.9 Å². The second-order valence-electron chi connectivity index (χ2n) is 4.89. The van der Waals surface area contributed by atoms with Crippen molar-refractivity contribution in [3.05, 3.63) is 23.3 Å². The van der Waals surface area contributed by atoms with Crippen molar-refractivity contribution in [3.63, 3.8) is 0 Å². The van der Waals surface area contributed by atoms with Gasteiger partial charge in [0.25, 0.3) is 0 Å². The predicted octanol–water partition coefficient (Wildman–Crippen LogP) is 2.24. The van der Waals surface area contributed by atoms with E-state index in [-0.39, 0.29) is 18.4 Å². The molecule has 0 aliphatic rings. The molecule has 0 spiro atoms. The number of benzene rings is 1. The fourth-order valence-electron chi connectivity index (χ4n) is 2.14. The van der Waals surface area contributed by atoms with E-state index in [4.69, 9.17) is 10.8 Å². The van der Waals surface area contributed by atoms with E-state index in [1.807, 2.05) is 0 Å². The summed E-state index contributed by atoms with van der Waals surface area (Å²) < 4.78 is 37.8. The number of alkyl halides is 3. The zero-order valence-electron chi connectivity index (χ0n) is 11.2. The summed E-state index contributed by atoms with van der Waals surface area (Å²) in [6.45, 7) is 1.71. The fraction of sp³-hybridized carbons (Fsp3) is 0.462. The molecular weight excluding hydrogens is 291 g/mol. The first kappa shape index (κ1) is 17.1. The van der Waals surface area contributed by atoms with Crippen molar-refractivity contribution in [2.75, 3.05) is 0 Å². The lowest BCUT2D eigenvalue weighted by atomic mass is 9.87. The van der Waals surface area contributed by atoms with Crippen LogP contribution in [0.2, 0.25) is 0 Å². The molecule has 1 aromatic rings. The quantitative estimate of drug-likeness (QED) is 0.668. The molecule has 5 N–H and O–H groups in total. The van der Waals surface area contributed by atoms with Crippen molar-refractivity contribution in [2.45, 2.75) is 37.9 Å². The molecule has 0 heterocycles. The highest BCUT2D eigenvalue weighted by atomic mass is 19.4. The molecule has 0 aromatic heterocycles. The van der Waals surface area contributed by atoms with Gasteiger partial charge in [-0.2, -0.15) is 13.2 Å². The molecular formula is C13H16F3NO4. The topological polar surface area (TPSA) is 104 Å². The van der Waals surface area contributed by atoms with Gasteiger partial charge in [-0.25, -0.2) is 0 Å². The van der Waals surface area contributed by atoms with E-state index < -0.39 is 34.7 Å². The molecule has 0 fully saturated rings. The Labute approximate surface area is 118 Å². The molecule has 1 aromatic carbocycles. The average Bonchev–Trinajstić information content (AvgIpc) is 2.25. The molecule has 0 saturated carbocycles. The SMILES string of the molecule is CCC[C@](N)(Cc1cc(O)c(C(F)(F)F)c(O)c1)C(=O)O. The number of phenolic OH excluding ortho intramolecular Hbond substituents is 2. The molecule has 1 atom stereocenters. The van der Waals surface area contributed by atoms with E-state index in [1.54, 1.807) is 6.92 Å². The standard InChI is InChI=1S/C13H16F3NO4/c1-2-3-12(17,11(20)21)6-7-4-8(18)10(9(19)5-7)13(14,15)16/h4-5,18-19H,2-3,6,17H2,1H3,(H,20,21)/t12-/m0/s1. The normalized spacial score (nSPS) is 14.7. The summed E-state index contributed by atoms with van der Waals surface area (Å²) in [7, 11) is 0. The molecule has 0 saturated heterocycles. The van der Waals surface area contributed by atoms with E-state index in [0.717, 1.165) is 12.1 Å². The summed E-state index contributed by atoms with van der Waals surface area (Å²) in [6.07, 6.45) is -4.66. The molecule has 0 bridgehead atoms. The number of aliphatic carboxylic acids is 1. The highest BCUT2D eigenvalue weighted by Gasteiger charge is 2.39. The van der Waals surface area contributed by atoms with Gasteiger partial charge in [-0.15, -0.1) is 0 Å². The maximum atomic E-state index is 12.6. The average molecular weight is 307 g/mol. The number of hydrogen-bond donors (Lipinski definition) is 4. The lowest BCUT2D eigenvalue weighted by Crippen LogP contribution is -2.49. The van der Waals surface area contributed by atoms with E-state index in [0.29, 0.717) is 6.42 Å². The highest BCUT2D eigenvalue weighted by Crippen LogP contribution is 2.42. The van der Waals surface area contributed by atoms with Gasteiger partial charge < -0.3 is 21.1 Å².